The number of aryl methyl sites for hydroxylation is 3. The van der Waals surface area contributed by atoms with E-state index in [1.54, 1.807) is 24.3 Å². The van der Waals surface area contributed by atoms with E-state index in [1.807, 2.05) is 32.2 Å². The molecule has 0 saturated heterocycles. The van der Waals surface area contributed by atoms with Gasteiger partial charge in [0.15, 0.2) is 0 Å². The lowest BCUT2D eigenvalue weighted by Crippen LogP contribution is -2.09. The third-order valence-corrected chi connectivity index (χ3v) is 3.98. The van der Waals surface area contributed by atoms with Gasteiger partial charge in [-0.25, -0.2) is 4.98 Å². The van der Waals surface area contributed by atoms with E-state index in [0.29, 0.717) is 5.56 Å². The number of nitro benzene ring substituents is 1. The van der Waals surface area contributed by atoms with Crippen LogP contribution in [0.1, 0.15) is 34.8 Å². The Balaban J connectivity index is 2.29. The minimum absolute atomic E-state index is 0.0148. The molecule has 1 unspecified atom stereocenters. The second-order valence-corrected chi connectivity index (χ2v) is 5.93. The molecule has 2 rings (SSSR count). The average molecular weight is 291 g/mol. The van der Waals surface area contributed by atoms with Crippen LogP contribution in [-0.2, 0) is 0 Å². The molecule has 0 aliphatic heterocycles. The lowest BCUT2D eigenvalue weighted by molar-refractivity contribution is -0.385. The summed E-state index contributed by atoms with van der Waals surface area (Å²) in [6, 6.07) is 3.45. The Morgan fingerprint density at radius 2 is 2.00 bits per heavy atom. The average Bonchev–Trinajstić information content (AvgIpc) is 2.79. The summed E-state index contributed by atoms with van der Waals surface area (Å²) in [6.45, 7) is 7.66. The lowest BCUT2D eigenvalue weighted by atomic mass is 10.1. The van der Waals surface area contributed by atoms with Crippen LogP contribution in [0, 0.1) is 30.9 Å². The van der Waals surface area contributed by atoms with Crippen molar-refractivity contribution in [2.24, 2.45) is 0 Å². The molecule has 1 atom stereocenters. The predicted molar refractivity (Wildman–Crippen MR) is 81.5 cm³/mol. The highest BCUT2D eigenvalue weighted by molar-refractivity contribution is 7.09. The van der Waals surface area contributed by atoms with Gasteiger partial charge in [0.2, 0.25) is 0 Å². The van der Waals surface area contributed by atoms with Gasteiger partial charge in [-0.2, -0.15) is 0 Å². The van der Waals surface area contributed by atoms with Crippen LogP contribution in [0.25, 0.3) is 0 Å². The van der Waals surface area contributed by atoms with Gasteiger partial charge in [-0.15, -0.1) is 11.3 Å². The summed E-state index contributed by atoms with van der Waals surface area (Å²) in [7, 11) is 0. The molecule has 0 amide bonds. The van der Waals surface area contributed by atoms with Gasteiger partial charge in [0.25, 0.3) is 5.69 Å². The molecule has 6 heteroatoms. The molecule has 106 valence electrons. The Labute approximate surface area is 121 Å². The van der Waals surface area contributed by atoms with Crippen molar-refractivity contribution < 1.29 is 4.92 Å². The maximum Gasteiger partial charge on any atom is 0.274 e. The molecule has 0 radical (unpaired) electrons. The van der Waals surface area contributed by atoms with Crippen molar-refractivity contribution in [2.45, 2.75) is 33.7 Å². The number of nitrogens with one attached hydrogen (secondary N) is 1. The topological polar surface area (TPSA) is 68.1 Å². The number of hydrogen-bond acceptors (Lipinski definition) is 5. The summed E-state index contributed by atoms with van der Waals surface area (Å²) in [4.78, 5) is 15.1. The summed E-state index contributed by atoms with van der Waals surface area (Å²) in [6.07, 6.45) is 0. The third kappa shape index (κ3) is 2.96. The van der Waals surface area contributed by atoms with Crippen molar-refractivity contribution >= 4 is 22.7 Å². The van der Waals surface area contributed by atoms with Gasteiger partial charge < -0.3 is 5.32 Å². The molecule has 0 fully saturated rings. The van der Waals surface area contributed by atoms with Crippen LogP contribution in [-0.4, -0.2) is 9.91 Å². The van der Waals surface area contributed by atoms with Crippen LogP contribution in [0.2, 0.25) is 0 Å². The Kier molecular flexibility index (Phi) is 4.04. The highest BCUT2D eigenvalue weighted by atomic mass is 32.1. The molecule has 20 heavy (non-hydrogen) atoms. The van der Waals surface area contributed by atoms with E-state index in [0.717, 1.165) is 22.0 Å². The molecule has 2 aromatic rings. The van der Waals surface area contributed by atoms with E-state index in [-0.39, 0.29) is 16.7 Å². The van der Waals surface area contributed by atoms with Gasteiger partial charge in [0, 0.05) is 22.7 Å². The minimum atomic E-state index is -0.350. The van der Waals surface area contributed by atoms with Crippen molar-refractivity contribution in [3.63, 3.8) is 0 Å². The fourth-order valence-electron chi connectivity index (χ4n) is 2.08. The Morgan fingerprint density at radius 1 is 1.30 bits per heavy atom. The number of thiazole rings is 1. The molecule has 5 nitrogen and oxygen atoms in total. The number of anilines is 1. The molecule has 0 bridgehead atoms. The van der Waals surface area contributed by atoms with Crippen molar-refractivity contribution in [3.8, 4) is 0 Å². The predicted octanol–water partition coefficient (Wildman–Crippen LogP) is 4.15. The quantitative estimate of drug-likeness (QED) is 0.678. The molecular formula is C14H17N3O2S. The normalized spacial score (nSPS) is 12.2. The standard InChI is InChI=1S/C14H17N3O2S/c1-8-5-9(2)14(17(18)19)6-12(8)15-10(3)13-7-20-11(4)16-13/h5-7,10,15H,1-4H3. The van der Waals surface area contributed by atoms with Gasteiger partial charge in [-0.05, 0) is 39.3 Å². The zero-order valence-electron chi connectivity index (χ0n) is 11.9. The van der Waals surface area contributed by atoms with Gasteiger partial charge in [0.05, 0.1) is 21.7 Å². The molecular weight excluding hydrogens is 274 g/mol. The number of rotatable bonds is 4. The van der Waals surface area contributed by atoms with Crippen LogP contribution >= 0.6 is 11.3 Å². The summed E-state index contributed by atoms with van der Waals surface area (Å²) < 4.78 is 0. The van der Waals surface area contributed by atoms with E-state index < -0.39 is 0 Å². The van der Waals surface area contributed by atoms with E-state index >= 15 is 0 Å². The van der Waals surface area contributed by atoms with Crippen LogP contribution in [0.15, 0.2) is 17.5 Å². The number of benzene rings is 1. The molecule has 1 aromatic heterocycles. The van der Waals surface area contributed by atoms with Crippen molar-refractivity contribution in [1.82, 2.24) is 4.98 Å². The highest BCUT2D eigenvalue weighted by Gasteiger charge is 2.16. The first-order valence-corrected chi connectivity index (χ1v) is 7.20. The first-order valence-electron chi connectivity index (χ1n) is 6.32. The summed E-state index contributed by atoms with van der Waals surface area (Å²) in [5, 5.41) is 17.3. The number of nitro groups is 1. The zero-order valence-corrected chi connectivity index (χ0v) is 12.7. The van der Waals surface area contributed by atoms with Crippen LogP contribution in [0.5, 0.6) is 0 Å². The van der Waals surface area contributed by atoms with Gasteiger partial charge in [-0.3, -0.25) is 10.1 Å². The van der Waals surface area contributed by atoms with Gasteiger partial charge >= 0.3 is 0 Å². The summed E-state index contributed by atoms with van der Waals surface area (Å²) >= 11 is 1.60. The molecule has 0 saturated carbocycles. The SMILES string of the molecule is Cc1nc(C(C)Nc2cc([N+](=O)[O-])c(C)cc2C)cs1. The van der Waals surface area contributed by atoms with E-state index in [9.17, 15) is 10.1 Å². The molecule has 0 spiro atoms. The van der Waals surface area contributed by atoms with E-state index in [2.05, 4.69) is 10.3 Å². The van der Waals surface area contributed by atoms with Crippen molar-refractivity contribution in [2.75, 3.05) is 5.32 Å². The Bertz CT molecular complexity index is 652. The highest BCUT2D eigenvalue weighted by Crippen LogP contribution is 2.29. The monoisotopic (exact) mass is 291 g/mol. The first-order chi connectivity index (χ1) is 9.38. The maximum absolute atomic E-state index is 11.0. The summed E-state index contributed by atoms with van der Waals surface area (Å²) in [5.74, 6) is 0. The van der Waals surface area contributed by atoms with Crippen molar-refractivity contribution in [1.29, 1.82) is 0 Å². The smallest absolute Gasteiger partial charge is 0.274 e. The lowest BCUT2D eigenvalue weighted by Gasteiger charge is -2.15. The van der Waals surface area contributed by atoms with Gasteiger partial charge in [0.1, 0.15) is 0 Å². The molecule has 0 aliphatic rings. The second kappa shape index (κ2) is 5.58. The zero-order chi connectivity index (χ0) is 14.9. The maximum atomic E-state index is 11.0. The molecule has 1 N–H and O–H groups in total. The molecule has 0 aliphatic carbocycles. The van der Waals surface area contributed by atoms with E-state index in [1.165, 1.54) is 0 Å². The Morgan fingerprint density at radius 3 is 2.55 bits per heavy atom. The number of aromatic nitrogens is 1. The van der Waals surface area contributed by atoms with Gasteiger partial charge in [-0.1, -0.05) is 0 Å². The summed E-state index contributed by atoms with van der Waals surface area (Å²) in [5.41, 5.74) is 3.54. The van der Waals surface area contributed by atoms with Crippen LogP contribution < -0.4 is 5.32 Å². The Hall–Kier alpha value is -1.95. The molecule has 1 aromatic carbocycles. The first kappa shape index (κ1) is 14.5. The second-order valence-electron chi connectivity index (χ2n) is 4.87. The van der Waals surface area contributed by atoms with E-state index in [4.69, 9.17) is 0 Å². The molecule has 1 heterocycles. The van der Waals surface area contributed by atoms with Crippen molar-refractivity contribution in [3.05, 3.63) is 49.5 Å². The fraction of sp³-hybridized carbons (Fsp3) is 0.357. The number of nitrogens with zero attached hydrogens (tertiary/aromatic N) is 2. The largest absolute Gasteiger partial charge is 0.376 e. The van der Waals surface area contributed by atoms with Crippen LogP contribution in [0.4, 0.5) is 11.4 Å². The number of hydrogen-bond donors (Lipinski definition) is 1. The third-order valence-electron chi connectivity index (χ3n) is 3.19. The minimum Gasteiger partial charge on any atom is -0.376 e. The fourth-order valence-corrected chi connectivity index (χ4v) is 2.79. The van der Waals surface area contributed by atoms with Crippen LogP contribution in [0.3, 0.4) is 0 Å².